The first-order valence-corrected chi connectivity index (χ1v) is 10.9. The third kappa shape index (κ3) is 5.09. The fraction of sp³-hybridized carbons (Fsp3) is 0.348. The van der Waals surface area contributed by atoms with Crippen LogP contribution in [0.3, 0.4) is 0 Å². The van der Waals surface area contributed by atoms with Crippen molar-refractivity contribution in [3.05, 3.63) is 69.5 Å². The van der Waals surface area contributed by atoms with Gasteiger partial charge in [0.05, 0.1) is 24.1 Å². The van der Waals surface area contributed by atoms with Crippen molar-refractivity contribution in [2.75, 3.05) is 13.7 Å². The minimum atomic E-state index is -0.175. The van der Waals surface area contributed by atoms with E-state index in [4.69, 9.17) is 9.72 Å². The highest BCUT2D eigenvalue weighted by Gasteiger charge is 2.15. The Labute approximate surface area is 180 Å². The smallest absolute Gasteiger partial charge is 0.262 e. The molecule has 0 fully saturated rings. The van der Waals surface area contributed by atoms with Crippen LogP contribution in [0.4, 0.5) is 0 Å². The van der Waals surface area contributed by atoms with Gasteiger partial charge in [-0.3, -0.25) is 14.2 Å². The monoisotopic (exact) mass is 425 g/mol. The minimum absolute atomic E-state index is 0.0310. The summed E-state index contributed by atoms with van der Waals surface area (Å²) in [5.41, 5.74) is 3.29. The molecule has 0 aliphatic heterocycles. The highest BCUT2D eigenvalue weighted by Crippen LogP contribution is 2.24. The van der Waals surface area contributed by atoms with Crippen molar-refractivity contribution in [3.63, 3.8) is 0 Å². The van der Waals surface area contributed by atoms with Gasteiger partial charge in [0.15, 0.2) is 5.16 Å². The first-order valence-electron chi connectivity index (χ1n) is 9.92. The van der Waals surface area contributed by atoms with Crippen molar-refractivity contribution in [2.24, 2.45) is 0 Å². The van der Waals surface area contributed by atoms with Crippen molar-refractivity contribution in [3.8, 4) is 0 Å². The Morgan fingerprint density at radius 3 is 2.70 bits per heavy atom. The molecule has 3 aromatic rings. The maximum absolute atomic E-state index is 13.1. The molecular formula is C23H27N3O3S. The molecule has 0 saturated heterocycles. The number of fused-ring (bicyclic) bond motifs is 1. The molecule has 0 radical (unpaired) electrons. The Balaban J connectivity index is 2.02. The van der Waals surface area contributed by atoms with Crippen LogP contribution in [-0.2, 0) is 17.0 Å². The molecule has 0 atom stereocenters. The van der Waals surface area contributed by atoms with Crippen molar-refractivity contribution >= 4 is 28.6 Å². The molecule has 1 amide bonds. The lowest BCUT2D eigenvalue weighted by molar-refractivity contribution is 0.0943. The zero-order valence-electron chi connectivity index (χ0n) is 17.8. The molecule has 0 bridgehead atoms. The Bertz CT molecular complexity index is 1110. The van der Waals surface area contributed by atoms with E-state index in [1.54, 1.807) is 29.9 Å². The zero-order chi connectivity index (χ0) is 21.7. The SMILES string of the molecule is COCCn1c(SCc2ccccc2C)nc2cc(C(=O)NC(C)C)ccc2c1=O. The van der Waals surface area contributed by atoms with E-state index in [0.29, 0.717) is 40.5 Å². The molecule has 0 aliphatic rings. The maximum Gasteiger partial charge on any atom is 0.262 e. The van der Waals surface area contributed by atoms with E-state index in [2.05, 4.69) is 24.4 Å². The molecule has 1 aromatic heterocycles. The molecule has 2 aromatic carbocycles. The molecule has 1 heterocycles. The Morgan fingerprint density at radius 1 is 1.23 bits per heavy atom. The largest absolute Gasteiger partial charge is 0.383 e. The van der Waals surface area contributed by atoms with Crippen LogP contribution in [-0.4, -0.2) is 35.2 Å². The van der Waals surface area contributed by atoms with Crippen LogP contribution >= 0.6 is 11.8 Å². The lowest BCUT2D eigenvalue weighted by Crippen LogP contribution is -2.30. The van der Waals surface area contributed by atoms with Gasteiger partial charge in [-0.1, -0.05) is 36.0 Å². The molecule has 3 rings (SSSR count). The summed E-state index contributed by atoms with van der Waals surface area (Å²) in [4.78, 5) is 30.3. The van der Waals surface area contributed by atoms with Gasteiger partial charge in [0.25, 0.3) is 11.5 Å². The number of methoxy groups -OCH3 is 1. The molecule has 0 unspecified atom stereocenters. The Hall–Kier alpha value is -2.64. The number of nitrogens with zero attached hydrogens (tertiary/aromatic N) is 2. The fourth-order valence-electron chi connectivity index (χ4n) is 3.09. The summed E-state index contributed by atoms with van der Waals surface area (Å²) in [6.45, 7) is 6.73. The Kier molecular flexibility index (Phi) is 7.29. The maximum atomic E-state index is 13.1. The van der Waals surface area contributed by atoms with Gasteiger partial charge in [-0.2, -0.15) is 0 Å². The molecule has 6 nitrogen and oxygen atoms in total. The van der Waals surface area contributed by atoms with Gasteiger partial charge in [0.2, 0.25) is 0 Å². The van der Waals surface area contributed by atoms with Crippen molar-refractivity contribution in [2.45, 2.75) is 44.3 Å². The fourth-order valence-corrected chi connectivity index (χ4v) is 4.19. The van der Waals surface area contributed by atoms with Crippen LogP contribution in [0.25, 0.3) is 10.9 Å². The van der Waals surface area contributed by atoms with Crippen molar-refractivity contribution in [1.29, 1.82) is 0 Å². The second-order valence-corrected chi connectivity index (χ2v) is 8.36. The standard InChI is InChI=1S/C23H27N3O3S/c1-15(2)24-21(27)17-9-10-19-20(13-17)25-23(26(22(19)28)11-12-29-4)30-14-18-8-6-5-7-16(18)3/h5-10,13,15H,11-12,14H2,1-4H3,(H,24,27). The van der Waals surface area contributed by atoms with Crippen molar-refractivity contribution in [1.82, 2.24) is 14.9 Å². The lowest BCUT2D eigenvalue weighted by atomic mass is 10.1. The second-order valence-electron chi connectivity index (χ2n) is 7.42. The number of hydrogen-bond acceptors (Lipinski definition) is 5. The van der Waals surface area contributed by atoms with Crippen LogP contribution in [0.2, 0.25) is 0 Å². The number of nitrogens with one attached hydrogen (secondary N) is 1. The average Bonchev–Trinajstić information content (AvgIpc) is 2.72. The number of aryl methyl sites for hydroxylation is 1. The van der Waals surface area contributed by atoms with Crippen LogP contribution in [0.15, 0.2) is 52.4 Å². The highest BCUT2D eigenvalue weighted by atomic mass is 32.2. The normalized spacial score (nSPS) is 11.2. The number of ether oxygens (including phenoxy) is 1. The van der Waals surface area contributed by atoms with Gasteiger partial charge in [-0.05, 0) is 50.1 Å². The second kappa shape index (κ2) is 9.91. The molecule has 30 heavy (non-hydrogen) atoms. The average molecular weight is 426 g/mol. The van der Waals surface area contributed by atoms with Crippen LogP contribution in [0.5, 0.6) is 0 Å². The number of carbonyl (C=O) groups excluding carboxylic acids is 1. The first kappa shape index (κ1) is 22.1. The van der Waals surface area contributed by atoms with E-state index >= 15 is 0 Å². The highest BCUT2D eigenvalue weighted by molar-refractivity contribution is 7.98. The van der Waals surface area contributed by atoms with Crippen LogP contribution < -0.4 is 10.9 Å². The van der Waals surface area contributed by atoms with Gasteiger partial charge in [0.1, 0.15) is 0 Å². The summed E-state index contributed by atoms with van der Waals surface area (Å²) < 4.78 is 6.84. The number of benzene rings is 2. The van der Waals surface area contributed by atoms with Crippen LogP contribution in [0, 0.1) is 6.92 Å². The molecule has 0 saturated carbocycles. The van der Waals surface area contributed by atoms with E-state index in [1.807, 2.05) is 26.0 Å². The van der Waals surface area contributed by atoms with E-state index < -0.39 is 0 Å². The number of carbonyl (C=O) groups is 1. The predicted molar refractivity (Wildman–Crippen MR) is 121 cm³/mol. The zero-order valence-corrected chi connectivity index (χ0v) is 18.6. The summed E-state index contributed by atoms with van der Waals surface area (Å²) in [5, 5.41) is 3.99. The predicted octanol–water partition coefficient (Wildman–Crippen LogP) is 3.78. The minimum Gasteiger partial charge on any atom is -0.383 e. The summed E-state index contributed by atoms with van der Waals surface area (Å²) in [5.74, 6) is 0.525. The number of hydrogen-bond donors (Lipinski definition) is 1. The number of aromatic nitrogens is 2. The van der Waals surface area contributed by atoms with Crippen molar-refractivity contribution < 1.29 is 9.53 Å². The van der Waals surface area contributed by atoms with Gasteiger partial charge in [-0.25, -0.2) is 4.98 Å². The van der Waals surface area contributed by atoms with E-state index in [0.717, 1.165) is 0 Å². The lowest BCUT2D eigenvalue weighted by Gasteiger charge is -2.14. The van der Waals surface area contributed by atoms with Gasteiger partial charge in [0, 0.05) is 24.5 Å². The number of thioether (sulfide) groups is 1. The summed E-state index contributed by atoms with van der Waals surface area (Å²) in [6.07, 6.45) is 0. The van der Waals surface area contributed by atoms with E-state index in [9.17, 15) is 9.59 Å². The third-order valence-electron chi connectivity index (χ3n) is 4.74. The van der Waals surface area contributed by atoms with E-state index in [1.165, 1.54) is 22.9 Å². The molecule has 0 spiro atoms. The third-order valence-corrected chi connectivity index (χ3v) is 5.76. The number of amides is 1. The molecule has 7 heteroatoms. The molecule has 0 aliphatic carbocycles. The van der Waals surface area contributed by atoms with Gasteiger partial charge >= 0.3 is 0 Å². The summed E-state index contributed by atoms with van der Waals surface area (Å²) >= 11 is 1.51. The quantitative estimate of drug-likeness (QED) is 0.439. The van der Waals surface area contributed by atoms with Gasteiger partial charge in [-0.15, -0.1) is 0 Å². The first-order chi connectivity index (χ1) is 14.4. The molecular weight excluding hydrogens is 398 g/mol. The topological polar surface area (TPSA) is 73.2 Å². The van der Waals surface area contributed by atoms with Gasteiger partial charge < -0.3 is 10.1 Å². The summed E-state index contributed by atoms with van der Waals surface area (Å²) in [7, 11) is 1.61. The Morgan fingerprint density at radius 2 is 2.00 bits per heavy atom. The van der Waals surface area contributed by atoms with E-state index in [-0.39, 0.29) is 17.5 Å². The number of rotatable bonds is 8. The van der Waals surface area contributed by atoms with Crippen LogP contribution in [0.1, 0.15) is 35.3 Å². The molecule has 158 valence electrons. The molecule has 1 N–H and O–H groups in total. The summed E-state index contributed by atoms with van der Waals surface area (Å²) in [6, 6.07) is 13.2.